The van der Waals surface area contributed by atoms with Crippen molar-refractivity contribution in [2.24, 2.45) is 0 Å². The van der Waals surface area contributed by atoms with Crippen molar-refractivity contribution in [2.75, 3.05) is 4.90 Å². The predicted octanol–water partition coefficient (Wildman–Crippen LogP) is 5.96. The van der Waals surface area contributed by atoms with Crippen molar-refractivity contribution < 1.29 is 15.0 Å². The third-order valence-electron chi connectivity index (χ3n) is 6.99. The standard InChI is InChI=1S/C30H37N3O3/c1-19(2)33-25(8-6-5-7-9-27(35)36)26(34)18-24-30(33)32-29(23-16-12-21(4)13-17-23)28(31-24)22-14-10-20(3)11-15-22/h10-17,19,25-26,34H,5-9,18H2,1-4H3,(H,35,36). The highest BCUT2D eigenvalue weighted by Crippen LogP contribution is 2.38. The second-order valence-electron chi connectivity index (χ2n) is 10.3. The summed E-state index contributed by atoms with van der Waals surface area (Å²) in [5.41, 5.74) is 6.92. The van der Waals surface area contributed by atoms with E-state index in [0.29, 0.717) is 12.8 Å². The number of carbonyl (C=O) groups is 1. The lowest BCUT2D eigenvalue weighted by Crippen LogP contribution is -2.52. The minimum Gasteiger partial charge on any atom is -0.481 e. The molecule has 0 fully saturated rings. The van der Waals surface area contributed by atoms with E-state index in [1.807, 2.05) is 0 Å². The van der Waals surface area contributed by atoms with Crippen molar-refractivity contribution in [3.8, 4) is 22.5 Å². The van der Waals surface area contributed by atoms with Crippen LogP contribution in [0.5, 0.6) is 0 Å². The first-order valence-corrected chi connectivity index (χ1v) is 13.0. The number of aryl methyl sites for hydroxylation is 2. The number of aliphatic carboxylic acids is 1. The first-order chi connectivity index (χ1) is 17.2. The zero-order valence-corrected chi connectivity index (χ0v) is 21.7. The maximum absolute atomic E-state index is 11.2. The zero-order chi connectivity index (χ0) is 25.8. The molecule has 2 unspecified atom stereocenters. The molecule has 2 heterocycles. The minimum atomic E-state index is -0.756. The Balaban J connectivity index is 1.74. The molecule has 0 saturated carbocycles. The van der Waals surface area contributed by atoms with Gasteiger partial charge >= 0.3 is 5.97 Å². The molecule has 0 radical (unpaired) electrons. The molecule has 1 aliphatic rings. The number of anilines is 1. The van der Waals surface area contributed by atoms with Crippen LogP contribution in [0.2, 0.25) is 0 Å². The number of nitrogens with zero attached hydrogens (tertiary/aromatic N) is 3. The van der Waals surface area contributed by atoms with Crippen LogP contribution in [0.1, 0.15) is 62.8 Å². The number of unbranched alkanes of at least 4 members (excludes halogenated alkanes) is 2. The molecule has 1 aromatic heterocycles. The predicted molar refractivity (Wildman–Crippen MR) is 144 cm³/mol. The van der Waals surface area contributed by atoms with Crippen molar-refractivity contribution in [1.82, 2.24) is 9.97 Å². The molecule has 1 aliphatic heterocycles. The van der Waals surface area contributed by atoms with E-state index in [-0.39, 0.29) is 18.5 Å². The number of carboxylic acid groups (broad SMARTS) is 1. The van der Waals surface area contributed by atoms with E-state index in [0.717, 1.165) is 53.3 Å². The molecule has 6 heteroatoms. The van der Waals surface area contributed by atoms with Crippen LogP contribution in [-0.2, 0) is 11.2 Å². The highest BCUT2D eigenvalue weighted by Gasteiger charge is 2.37. The second kappa shape index (κ2) is 11.2. The molecular weight excluding hydrogens is 450 g/mol. The Labute approximate surface area is 214 Å². The van der Waals surface area contributed by atoms with Gasteiger partial charge in [-0.3, -0.25) is 4.79 Å². The summed E-state index contributed by atoms with van der Waals surface area (Å²) in [5.74, 6) is 0.0889. The Kier molecular flexibility index (Phi) is 8.04. The molecule has 0 aliphatic carbocycles. The second-order valence-corrected chi connectivity index (χ2v) is 10.3. The largest absolute Gasteiger partial charge is 0.481 e. The molecule has 2 atom stereocenters. The summed E-state index contributed by atoms with van der Waals surface area (Å²) in [7, 11) is 0. The molecule has 36 heavy (non-hydrogen) atoms. The summed E-state index contributed by atoms with van der Waals surface area (Å²) < 4.78 is 0. The molecule has 0 saturated heterocycles. The number of rotatable bonds is 9. The number of fused-ring (bicyclic) bond motifs is 1. The van der Waals surface area contributed by atoms with Crippen LogP contribution in [0.15, 0.2) is 48.5 Å². The van der Waals surface area contributed by atoms with Gasteiger partial charge in [-0.1, -0.05) is 72.5 Å². The third kappa shape index (κ3) is 5.76. The van der Waals surface area contributed by atoms with Crippen molar-refractivity contribution in [2.45, 2.75) is 84.4 Å². The summed E-state index contributed by atoms with van der Waals surface area (Å²) in [4.78, 5) is 23.4. The molecule has 6 nitrogen and oxygen atoms in total. The Morgan fingerprint density at radius 1 is 0.917 bits per heavy atom. The van der Waals surface area contributed by atoms with Crippen molar-refractivity contribution in [3.63, 3.8) is 0 Å². The number of carboxylic acids is 1. The fourth-order valence-corrected chi connectivity index (χ4v) is 5.07. The first kappa shape index (κ1) is 25.8. The molecule has 0 amide bonds. The van der Waals surface area contributed by atoms with Gasteiger partial charge in [-0.15, -0.1) is 0 Å². The van der Waals surface area contributed by atoms with Gasteiger partial charge in [0.05, 0.1) is 29.2 Å². The molecule has 0 spiro atoms. The fraction of sp³-hybridized carbons (Fsp3) is 0.433. The summed E-state index contributed by atoms with van der Waals surface area (Å²) in [6.45, 7) is 8.40. The number of hydrogen-bond donors (Lipinski definition) is 2. The Bertz CT molecular complexity index is 1190. The molecule has 3 aromatic rings. The van der Waals surface area contributed by atoms with Gasteiger partial charge in [0, 0.05) is 30.0 Å². The summed E-state index contributed by atoms with van der Waals surface area (Å²) in [6, 6.07) is 16.8. The van der Waals surface area contributed by atoms with E-state index in [2.05, 4.69) is 81.1 Å². The van der Waals surface area contributed by atoms with Crippen molar-refractivity contribution >= 4 is 11.8 Å². The Hall–Kier alpha value is -3.25. The summed E-state index contributed by atoms with van der Waals surface area (Å²) in [6.07, 6.45) is 3.25. The van der Waals surface area contributed by atoms with Gasteiger partial charge in [0.25, 0.3) is 0 Å². The van der Waals surface area contributed by atoms with E-state index >= 15 is 0 Å². The average Bonchev–Trinajstić information content (AvgIpc) is 2.84. The van der Waals surface area contributed by atoms with E-state index in [1.165, 1.54) is 11.1 Å². The molecule has 2 N–H and O–H groups in total. The molecular formula is C30H37N3O3. The van der Waals surface area contributed by atoms with Gasteiger partial charge in [0.2, 0.25) is 0 Å². The lowest BCUT2D eigenvalue weighted by molar-refractivity contribution is -0.137. The van der Waals surface area contributed by atoms with Crippen LogP contribution >= 0.6 is 0 Å². The van der Waals surface area contributed by atoms with Crippen molar-refractivity contribution in [3.05, 3.63) is 65.4 Å². The van der Waals surface area contributed by atoms with Crippen LogP contribution in [0.4, 0.5) is 5.82 Å². The number of aliphatic hydroxyl groups excluding tert-OH is 1. The van der Waals surface area contributed by atoms with Crippen LogP contribution in [-0.4, -0.2) is 44.3 Å². The quantitative estimate of drug-likeness (QED) is 0.362. The first-order valence-electron chi connectivity index (χ1n) is 13.0. The minimum absolute atomic E-state index is 0.0762. The summed E-state index contributed by atoms with van der Waals surface area (Å²) in [5, 5.41) is 20.1. The van der Waals surface area contributed by atoms with E-state index in [9.17, 15) is 9.90 Å². The summed E-state index contributed by atoms with van der Waals surface area (Å²) >= 11 is 0. The van der Waals surface area contributed by atoms with E-state index < -0.39 is 12.1 Å². The van der Waals surface area contributed by atoms with Crippen LogP contribution in [0.25, 0.3) is 22.5 Å². The van der Waals surface area contributed by atoms with Gasteiger partial charge in [-0.05, 0) is 40.5 Å². The highest BCUT2D eigenvalue weighted by molar-refractivity contribution is 5.80. The van der Waals surface area contributed by atoms with E-state index in [1.54, 1.807) is 0 Å². The Morgan fingerprint density at radius 2 is 1.47 bits per heavy atom. The molecule has 4 rings (SSSR count). The van der Waals surface area contributed by atoms with Gasteiger partial charge < -0.3 is 15.1 Å². The maximum Gasteiger partial charge on any atom is 0.303 e. The monoisotopic (exact) mass is 487 g/mol. The maximum atomic E-state index is 11.2. The smallest absolute Gasteiger partial charge is 0.303 e. The van der Waals surface area contributed by atoms with Gasteiger partial charge in [0.1, 0.15) is 0 Å². The molecule has 2 aromatic carbocycles. The SMILES string of the molecule is Cc1ccc(-c2nc3c(nc2-c2ccc(C)cc2)N(C(C)C)C(CCCCCC(=O)O)C(O)C3)cc1. The lowest BCUT2D eigenvalue weighted by Gasteiger charge is -2.43. The Morgan fingerprint density at radius 3 is 2.00 bits per heavy atom. The number of hydrogen-bond acceptors (Lipinski definition) is 5. The van der Waals surface area contributed by atoms with Gasteiger partial charge in [-0.2, -0.15) is 0 Å². The zero-order valence-electron chi connectivity index (χ0n) is 21.7. The van der Waals surface area contributed by atoms with Gasteiger partial charge in [0.15, 0.2) is 5.82 Å². The molecule has 0 bridgehead atoms. The number of benzene rings is 2. The number of aliphatic hydroxyl groups is 1. The normalized spacial score (nSPS) is 17.3. The average molecular weight is 488 g/mol. The van der Waals surface area contributed by atoms with Gasteiger partial charge in [-0.25, -0.2) is 9.97 Å². The van der Waals surface area contributed by atoms with E-state index in [4.69, 9.17) is 15.1 Å². The van der Waals surface area contributed by atoms with Crippen LogP contribution in [0.3, 0.4) is 0 Å². The fourth-order valence-electron chi connectivity index (χ4n) is 5.07. The topological polar surface area (TPSA) is 86.6 Å². The van der Waals surface area contributed by atoms with Crippen LogP contribution in [0, 0.1) is 13.8 Å². The third-order valence-corrected chi connectivity index (χ3v) is 6.99. The van der Waals surface area contributed by atoms with Crippen LogP contribution < -0.4 is 4.90 Å². The highest BCUT2D eigenvalue weighted by atomic mass is 16.4. The lowest BCUT2D eigenvalue weighted by atomic mass is 9.92. The number of aromatic nitrogens is 2. The molecule has 190 valence electrons. The van der Waals surface area contributed by atoms with Crippen molar-refractivity contribution in [1.29, 1.82) is 0 Å².